The van der Waals surface area contributed by atoms with E-state index in [4.69, 9.17) is 23.2 Å². The normalized spacial score (nSPS) is 29.9. The van der Waals surface area contributed by atoms with Crippen LogP contribution in [0.25, 0.3) is 0 Å². The number of rotatable bonds is 2. The maximum Gasteiger partial charge on any atom is 0.130 e. The second kappa shape index (κ2) is 4.23. The van der Waals surface area contributed by atoms with E-state index in [1.165, 1.54) is 12.0 Å². The Morgan fingerprint density at radius 1 is 1.56 bits per heavy atom. The van der Waals surface area contributed by atoms with E-state index < -0.39 is 0 Å². The maximum atomic E-state index is 6.26. The lowest BCUT2D eigenvalue weighted by atomic mass is 9.82. The van der Waals surface area contributed by atoms with E-state index in [0.29, 0.717) is 10.8 Å². The summed E-state index contributed by atoms with van der Waals surface area (Å²) in [6.07, 6.45) is 4.38. The molecular weight excluding hydrogens is 243 g/mol. The minimum absolute atomic E-state index is 0.295. The summed E-state index contributed by atoms with van der Waals surface area (Å²) < 4.78 is 1.75. The summed E-state index contributed by atoms with van der Waals surface area (Å²) in [5.74, 6) is 0. The Kier molecular flexibility index (Phi) is 3.24. The van der Waals surface area contributed by atoms with E-state index in [1.807, 2.05) is 14.0 Å². The van der Waals surface area contributed by atoms with E-state index in [0.717, 1.165) is 30.1 Å². The Bertz CT molecular complexity index is 400. The van der Waals surface area contributed by atoms with Crippen LogP contribution in [0.2, 0.25) is 5.15 Å². The first-order valence-electron chi connectivity index (χ1n) is 5.73. The number of hydrogen-bond acceptors (Lipinski definition) is 1. The van der Waals surface area contributed by atoms with Gasteiger partial charge in [-0.05, 0) is 38.0 Å². The van der Waals surface area contributed by atoms with Crippen molar-refractivity contribution in [2.45, 2.75) is 44.9 Å². The molecular formula is C12H18Cl2N2. The Labute approximate surface area is 107 Å². The van der Waals surface area contributed by atoms with Gasteiger partial charge in [0.2, 0.25) is 0 Å². The van der Waals surface area contributed by atoms with Gasteiger partial charge in [-0.15, -0.1) is 11.6 Å². The molecule has 0 aliphatic heterocycles. The molecule has 0 radical (unpaired) electrons. The third-order valence-electron chi connectivity index (χ3n) is 3.65. The number of aromatic nitrogens is 2. The molecule has 2 rings (SSSR count). The number of nitrogens with zero attached hydrogens (tertiary/aromatic N) is 2. The largest absolute Gasteiger partial charge is 0.257 e. The molecule has 90 valence electrons. The summed E-state index contributed by atoms with van der Waals surface area (Å²) >= 11 is 12.5. The monoisotopic (exact) mass is 260 g/mol. The van der Waals surface area contributed by atoms with Crippen molar-refractivity contribution in [2.24, 2.45) is 12.5 Å². The third-order valence-corrected chi connectivity index (χ3v) is 4.49. The van der Waals surface area contributed by atoms with Crippen LogP contribution in [-0.2, 0) is 13.5 Å². The number of alkyl halides is 1. The highest BCUT2D eigenvalue weighted by Gasteiger charge is 2.35. The molecule has 0 bridgehead atoms. The molecule has 2 atom stereocenters. The molecule has 0 saturated heterocycles. The molecule has 2 unspecified atom stereocenters. The van der Waals surface area contributed by atoms with E-state index in [2.05, 4.69) is 12.0 Å². The first-order valence-corrected chi connectivity index (χ1v) is 6.55. The van der Waals surface area contributed by atoms with Gasteiger partial charge in [-0.2, -0.15) is 5.10 Å². The molecule has 1 aromatic rings. The van der Waals surface area contributed by atoms with Crippen LogP contribution >= 0.6 is 23.2 Å². The lowest BCUT2D eigenvalue weighted by Gasteiger charge is -2.23. The molecule has 0 amide bonds. The molecule has 1 aliphatic carbocycles. The fourth-order valence-corrected chi connectivity index (χ4v) is 3.43. The van der Waals surface area contributed by atoms with Crippen molar-refractivity contribution >= 4 is 23.2 Å². The van der Waals surface area contributed by atoms with Crippen LogP contribution in [0, 0.1) is 12.3 Å². The van der Waals surface area contributed by atoms with Crippen molar-refractivity contribution in [1.29, 1.82) is 0 Å². The van der Waals surface area contributed by atoms with E-state index in [1.54, 1.807) is 4.68 Å². The minimum Gasteiger partial charge on any atom is -0.257 e. The fraction of sp³-hybridized carbons (Fsp3) is 0.750. The zero-order valence-electron chi connectivity index (χ0n) is 10.1. The molecule has 2 nitrogen and oxygen atoms in total. The molecule has 1 saturated carbocycles. The number of hydrogen-bond donors (Lipinski definition) is 0. The van der Waals surface area contributed by atoms with Gasteiger partial charge in [0.1, 0.15) is 5.15 Å². The lowest BCUT2D eigenvalue weighted by Crippen LogP contribution is -2.16. The van der Waals surface area contributed by atoms with Crippen molar-refractivity contribution in [1.82, 2.24) is 9.78 Å². The van der Waals surface area contributed by atoms with Gasteiger partial charge in [0, 0.05) is 18.0 Å². The van der Waals surface area contributed by atoms with Crippen molar-refractivity contribution in [2.75, 3.05) is 0 Å². The minimum atomic E-state index is 0.295. The van der Waals surface area contributed by atoms with Gasteiger partial charge >= 0.3 is 0 Å². The van der Waals surface area contributed by atoms with Crippen molar-refractivity contribution in [3.63, 3.8) is 0 Å². The Morgan fingerprint density at radius 3 is 2.69 bits per heavy atom. The first kappa shape index (κ1) is 12.3. The Balaban J connectivity index is 2.21. The van der Waals surface area contributed by atoms with Crippen LogP contribution < -0.4 is 0 Å². The van der Waals surface area contributed by atoms with E-state index in [-0.39, 0.29) is 0 Å². The van der Waals surface area contributed by atoms with Crippen molar-refractivity contribution < 1.29 is 0 Å². The number of aryl methyl sites for hydroxylation is 2. The Morgan fingerprint density at radius 2 is 2.25 bits per heavy atom. The predicted molar refractivity (Wildman–Crippen MR) is 68.3 cm³/mol. The topological polar surface area (TPSA) is 17.8 Å². The molecule has 1 heterocycles. The van der Waals surface area contributed by atoms with Gasteiger partial charge in [0.15, 0.2) is 0 Å². The second-order valence-corrected chi connectivity index (χ2v) is 6.28. The molecule has 1 aliphatic rings. The number of halogens is 2. The van der Waals surface area contributed by atoms with Crippen LogP contribution in [0.5, 0.6) is 0 Å². The van der Waals surface area contributed by atoms with Gasteiger partial charge in [-0.25, -0.2) is 0 Å². The van der Waals surface area contributed by atoms with Gasteiger partial charge in [0.25, 0.3) is 0 Å². The zero-order valence-corrected chi connectivity index (χ0v) is 11.6. The second-order valence-electron chi connectivity index (χ2n) is 5.31. The van der Waals surface area contributed by atoms with Gasteiger partial charge in [0.05, 0.1) is 5.69 Å². The highest BCUT2D eigenvalue weighted by Crippen LogP contribution is 2.44. The summed E-state index contributed by atoms with van der Waals surface area (Å²) in [6, 6.07) is 0. The summed E-state index contributed by atoms with van der Waals surface area (Å²) in [4.78, 5) is 0. The van der Waals surface area contributed by atoms with Crippen LogP contribution in [0.3, 0.4) is 0 Å². The third kappa shape index (κ3) is 2.23. The molecule has 1 fully saturated rings. The zero-order chi connectivity index (χ0) is 11.9. The van der Waals surface area contributed by atoms with Gasteiger partial charge in [-0.3, -0.25) is 4.68 Å². The van der Waals surface area contributed by atoms with Crippen LogP contribution in [0.4, 0.5) is 0 Å². The van der Waals surface area contributed by atoms with Gasteiger partial charge < -0.3 is 0 Å². The summed E-state index contributed by atoms with van der Waals surface area (Å²) in [5.41, 5.74) is 2.54. The standard InChI is InChI=1S/C12H18Cl2N2/c1-8-10(11(14)16(3)15-8)7-12(2)5-4-9(13)6-12/h9H,4-7H2,1-3H3. The predicted octanol–water partition coefficient (Wildman–Crippen LogP) is 3.72. The molecule has 0 N–H and O–H groups in total. The summed E-state index contributed by atoms with van der Waals surface area (Å²) in [7, 11) is 1.89. The highest BCUT2D eigenvalue weighted by atomic mass is 35.5. The van der Waals surface area contributed by atoms with Crippen LogP contribution in [0.1, 0.15) is 37.4 Å². The maximum absolute atomic E-state index is 6.26. The molecule has 0 aromatic carbocycles. The summed E-state index contributed by atoms with van der Waals surface area (Å²) in [5, 5.41) is 5.46. The lowest BCUT2D eigenvalue weighted by molar-refractivity contribution is 0.334. The van der Waals surface area contributed by atoms with Crippen molar-refractivity contribution in [3.05, 3.63) is 16.4 Å². The van der Waals surface area contributed by atoms with E-state index >= 15 is 0 Å². The van der Waals surface area contributed by atoms with Gasteiger partial charge in [-0.1, -0.05) is 18.5 Å². The van der Waals surface area contributed by atoms with E-state index in [9.17, 15) is 0 Å². The smallest absolute Gasteiger partial charge is 0.130 e. The molecule has 0 spiro atoms. The average Bonchev–Trinajstić information content (AvgIpc) is 2.63. The first-order chi connectivity index (χ1) is 7.41. The molecule has 1 aromatic heterocycles. The van der Waals surface area contributed by atoms with Crippen LogP contribution in [0.15, 0.2) is 0 Å². The fourth-order valence-electron chi connectivity index (χ4n) is 2.71. The Hall–Kier alpha value is -0.210. The van der Waals surface area contributed by atoms with Crippen LogP contribution in [-0.4, -0.2) is 15.2 Å². The van der Waals surface area contributed by atoms with Crippen molar-refractivity contribution in [3.8, 4) is 0 Å². The average molecular weight is 261 g/mol. The quantitative estimate of drug-likeness (QED) is 0.742. The summed E-state index contributed by atoms with van der Waals surface area (Å²) in [6.45, 7) is 4.33. The molecule has 16 heavy (non-hydrogen) atoms. The highest BCUT2D eigenvalue weighted by molar-refractivity contribution is 6.30. The molecule has 4 heteroatoms. The SMILES string of the molecule is Cc1nn(C)c(Cl)c1CC1(C)CCC(Cl)C1.